The molecule has 154 valence electrons. The van der Waals surface area contributed by atoms with Crippen molar-refractivity contribution in [1.82, 2.24) is 20.4 Å². The number of carbonyl (C=O) groups is 1. The molecule has 29 heavy (non-hydrogen) atoms. The van der Waals surface area contributed by atoms with Crippen molar-refractivity contribution in [2.75, 3.05) is 44.7 Å². The molecule has 2 N–H and O–H groups in total. The van der Waals surface area contributed by atoms with E-state index in [9.17, 15) is 9.90 Å². The van der Waals surface area contributed by atoms with E-state index in [1.807, 2.05) is 19.1 Å². The Hall–Kier alpha value is -2.49. The summed E-state index contributed by atoms with van der Waals surface area (Å²) in [5.41, 5.74) is 2.48. The van der Waals surface area contributed by atoms with Gasteiger partial charge in [0.15, 0.2) is 5.58 Å². The number of anilines is 1. The molecule has 1 unspecified atom stereocenters. The zero-order chi connectivity index (χ0) is 20.4. The lowest BCUT2D eigenvalue weighted by Crippen LogP contribution is -2.44. The number of amides is 1. The van der Waals surface area contributed by atoms with Gasteiger partial charge in [-0.1, -0.05) is 12.1 Å². The number of likely N-dealkylation sites (N-methyl/N-ethyl adjacent to an activating group) is 1. The van der Waals surface area contributed by atoms with E-state index in [-0.39, 0.29) is 18.6 Å². The predicted octanol–water partition coefficient (Wildman–Crippen LogP) is 2.20. The fourth-order valence-electron chi connectivity index (χ4n) is 3.36. The van der Waals surface area contributed by atoms with Gasteiger partial charge in [0.05, 0.1) is 24.2 Å². The molecule has 1 atom stereocenters. The summed E-state index contributed by atoms with van der Waals surface area (Å²) in [7, 11) is 2.14. The molecule has 8 nitrogen and oxygen atoms in total. The van der Waals surface area contributed by atoms with E-state index in [0.717, 1.165) is 37.3 Å². The van der Waals surface area contributed by atoms with Crippen LogP contribution in [0, 0.1) is 0 Å². The van der Waals surface area contributed by atoms with E-state index in [1.54, 1.807) is 6.20 Å². The fraction of sp³-hybridized carbons (Fsp3) is 0.450. The highest BCUT2D eigenvalue weighted by atomic mass is 32.1. The molecule has 4 rings (SSSR count). The van der Waals surface area contributed by atoms with E-state index in [2.05, 4.69) is 38.4 Å². The van der Waals surface area contributed by atoms with Gasteiger partial charge in [0.2, 0.25) is 0 Å². The standard InChI is InChI=1S/C20H25N5O3S/c1-3-13(12-26)22-19(27)17-11-21-20(29-17)18-15-5-4-14(10-16(15)28-23-18)25-8-6-24(2)7-9-25/h4-5,10-11,13,26H,3,6-9,12H2,1-2H3,(H,22,27). The molecule has 0 radical (unpaired) electrons. The van der Waals surface area contributed by atoms with Crippen LogP contribution in [-0.2, 0) is 0 Å². The summed E-state index contributed by atoms with van der Waals surface area (Å²) in [5, 5.41) is 17.8. The number of benzene rings is 1. The molecule has 1 aromatic carbocycles. The second-order valence-electron chi connectivity index (χ2n) is 7.29. The third-order valence-corrected chi connectivity index (χ3v) is 6.31. The molecule has 1 fully saturated rings. The van der Waals surface area contributed by atoms with Crippen LogP contribution in [0.25, 0.3) is 21.7 Å². The van der Waals surface area contributed by atoms with E-state index < -0.39 is 0 Å². The molecular weight excluding hydrogens is 390 g/mol. The first-order chi connectivity index (χ1) is 14.1. The molecule has 3 heterocycles. The Bertz CT molecular complexity index is 989. The summed E-state index contributed by atoms with van der Waals surface area (Å²) in [6, 6.07) is 5.86. The van der Waals surface area contributed by atoms with Crippen LogP contribution in [-0.4, -0.2) is 71.9 Å². The zero-order valence-electron chi connectivity index (χ0n) is 16.6. The van der Waals surface area contributed by atoms with Gasteiger partial charge in [0, 0.05) is 37.9 Å². The number of aliphatic hydroxyl groups excluding tert-OH is 1. The molecule has 9 heteroatoms. The van der Waals surface area contributed by atoms with E-state index in [0.29, 0.717) is 27.6 Å². The van der Waals surface area contributed by atoms with Crippen molar-refractivity contribution >= 4 is 33.9 Å². The quantitative estimate of drug-likeness (QED) is 0.637. The average Bonchev–Trinajstić information content (AvgIpc) is 3.39. The van der Waals surface area contributed by atoms with Crippen molar-refractivity contribution in [2.45, 2.75) is 19.4 Å². The molecule has 2 aromatic heterocycles. The van der Waals surface area contributed by atoms with Gasteiger partial charge in [-0.05, 0) is 25.6 Å². The van der Waals surface area contributed by atoms with Crippen molar-refractivity contribution in [3.63, 3.8) is 0 Å². The third-order valence-electron chi connectivity index (χ3n) is 5.30. The summed E-state index contributed by atoms with van der Waals surface area (Å²) >= 11 is 1.27. The smallest absolute Gasteiger partial charge is 0.263 e. The number of nitrogens with zero attached hydrogens (tertiary/aromatic N) is 4. The molecule has 0 bridgehead atoms. The van der Waals surface area contributed by atoms with Crippen molar-refractivity contribution in [3.8, 4) is 10.7 Å². The predicted molar refractivity (Wildman–Crippen MR) is 113 cm³/mol. The number of hydrogen-bond donors (Lipinski definition) is 2. The maximum absolute atomic E-state index is 12.4. The molecule has 1 amide bonds. The highest BCUT2D eigenvalue weighted by Gasteiger charge is 2.20. The van der Waals surface area contributed by atoms with Gasteiger partial charge in [-0.25, -0.2) is 4.98 Å². The first-order valence-electron chi connectivity index (χ1n) is 9.80. The minimum absolute atomic E-state index is 0.0859. The lowest BCUT2D eigenvalue weighted by molar-refractivity contribution is 0.0919. The first kappa shape index (κ1) is 19.8. The van der Waals surface area contributed by atoms with Gasteiger partial charge >= 0.3 is 0 Å². The molecule has 0 spiro atoms. The number of thiazole rings is 1. The van der Waals surface area contributed by atoms with Crippen molar-refractivity contribution in [3.05, 3.63) is 29.3 Å². The molecule has 1 saturated heterocycles. The lowest BCUT2D eigenvalue weighted by atomic mass is 10.1. The largest absolute Gasteiger partial charge is 0.394 e. The van der Waals surface area contributed by atoms with Crippen LogP contribution < -0.4 is 10.2 Å². The van der Waals surface area contributed by atoms with Gasteiger partial charge in [-0.3, -0.25) is 4.79 Å². The zero-order valence-corrected chi connectivity index (χ0v) is 17.4. The highest BCUT2D eigenvalue weighted by molar-refractivity contribution is 7.17. The molecular formula is C20H25N5O3S. The molecule has 3 aromatic rings. The Morgan fingerprint density at radius 3 is 2.86 bits per heavy atom. The third kappa shape index (κ3) is 4.12. The second kappa shape index (κ2) is 8.48. The number of aliphatic hydroxyl groups is 1. The first-order valence-corrected chi connectivity index (χ1v) is 10.6. The number of rotatable bonds is 6. The Morgan fingerprint density at radius 1 is 1.34 bits per heavy atom. The number of piperazine rings is 1. The lowest BCUT2D eigenvalue weighted by Gasteiger charge is -2.33. The van der Waals surface area contributed by atoms with Crippen molar-refractivity contribution in [2.24, 2.45) is 0 Å². The van der Waals surface area contributed by atoms with E-state index in [4.69, 9.17) is 4.52 Å². The van der Waals surface area contributed by atoms with Crippen LogP contribution in [0.5, 0.6) is 0 Å². The number of nitrogens with one attached hydrogen (secondary N) is 1. The van der Waals surface area contributed by atoms with Gasteiger partial charge in [-0.15, -0.1) is 11.3 Å². The van der Waals surface area contributed by atoms with Gasteiger partial charge in [0.25, 0.3) is 5.91 Å². The Balaban J connectivity index is 1.54. The van der Waals surface area contributed by atoms with Crippen molar-refractivity contribution < 1.29 is 14.4 Å². The summed E-state index contributed by atoms with van der Waals surface area (Å²) in [6.45, 7) is 5.88. The Labute approximate surface area is 173 Å². The van der Waals surface area contributed by atoms with E-state index in [1.165, 1.54) is 11.3 Å². The maximum Gasteiger partial charge on any atom is 0.263 e. The summed E-state index contributed by atoms with van der Waals surface area (Å²) in [4.78, 5) is 21.9. The Kier molecular flexibility index (Phi) is 5.79. The van der Waals surface area contributed by atoms with Crippen LogP contribution in [0.4, 0.5) is 5.69 Å². The maximum atomic E-state index is 12.4. The normalized spacial score (nSPS) is 16.3. The molecule has 1 aliphatic rings. The average molecular weight is 416 g/mol. The fourth-order valence-corrected chi connectivity index (χ4v) is 4.18. The monoisotopic (exact) mass is 415 g/mol. The molecule has 0 aliphatic carbocycles. The Morgan fingerprint density at radius 2 is 2.14 bits per heavy atom. The number of aromatic nitrogens is 2. The van der Waals surface area contributed by atoms with Gasteiger partial charge in [0.1, 0.15) is 15.6 Å². The van der Waals surface area contributed by atoms with Crippen LogP contribution >= 0.6 is 11.3 Å². The topological polar surface area (TPSA) is 94.7 Å². The van der Waals surface area contributed by atoms with Crippen LogP contribution in [0.3, 0.4) is 0 Å². The molecule has 0 saturated carbocycles. The molecule has 1 aliphatic heterocycles. The number of fused-ring (bicyclic) bond motifs is 1. The summed E-state index contributed by atoms with van der Waals surface area (Å²) < 4.78 is 5.57. The van der Waals surface area contributed by atoms with Gasteiger partial charge < -0.3 is 24.7 Å². The number of hydrogen-bond acceptors (Lipinski definition) is 8. The SMILES string of the molecule is CCC(CO)NC(=O)c1cnc(-c2noc3cc(N4CCN(C)CC4)ccc23)s1. The van der Waals surface area contributed by atoms with Crippen molar-refractivity contribution in [1.29, 1.82) is 0 Å². The highest BCUT2D eigenvalue weighted by Crippen LogP contribution is 2.33. The number of carbonyl (C=O) groups excluding carboxylic acids is 1. The van der Waals surface area contributed by atoms with Crippen LogP contribution in [0.1, 0.15) is 23.0 Å². The van der Waals surface area contributed by atoms with E-state index >= 15 is 0 Å². The second-order valence-corrected chi connectivity index (χ2v) is 8.32. The summed E-state index contributed by atoms with van der Waals surface area (Å²) in [5.74, 6) is -0.236. The minimum atomic E-state index is -0.256. The summed E-state index contributed by atoms with van der Waals surface area (Å²) in [6.07, 6.45) is 2.20. The van der Waals surface area contributed by atoms with Crippen LogP contribution in [0.15, 0.2) is 28.9 Å². The van der Waals surface area contributed by atoms with Gasteiger partial charge in [-0.2, -0.15) is 0 Å². The van der Waals surface area contributed by atoms with Crippen LogP contribution in [0.2, 0.25) is 0 Å². The minimum Gasteiger partial charge on any atom is -0.394 e.